The van der Waals surface area contributed by atoms with Crippen molar-refractivity contribution in [2.45, 2.75) is 19.3 Å². The summed E-state index contributed by atoms with van der Waals surface area (Å²) >= 11 is 1.35. The van der Waals surface area contributed by atoms with Gasteiger partial charge in [0.25, 0.3) is 5.91 Å². The Balaban J connectivity index is 1.82. The second kappa shape index (κ2) is 5.73. The fourth-order valence-corrected chi connectivity index (χ4v) is 3.35. The Kier molecular flexibility index (Phi) is 3.79. The van der Waals surface area contributed by atoms with Crippen LogP contribution in [0.3, 0.4) is 0 Å². The molecule has 1 heterocycles. The first-order chi connectivity index (χ1) is 10.2. The summed E-state index contributed by atoms with van der Waals surface area (Å²) in [5.41, 5.74) is 2.85. The number of nitrogens with zero attached hydrogens (tertiary/aromatic N) is 1. The molecule has 0 saturated heterocycles. The van der Waals surface area contributed by atoms with Crippen LogP contribution in [0.2, 0.25) is 0 Å². The van der Waals surface area contributed by atoms with Gasteiger partial charge in [-0.25, -0.2) is 0 Å². The van der Waals surface area contributed by atoms with E-state index in [0.29, 0.717) is 17.1 Å². The van der Waals surface area contributed by atoms with Crippen molar-refractivity contribution in [3.8, 4) is 11.5 Å². The van der Waals surface area contributed by atoms with E-state index in [2.05, 4.69) is 9.69 Å². The van der Waals surface area contributed by atoms with Gasteiger partial charge in [0.15, 0.2) is 11.5 Å². The second-order valence-corrected chi connectivity index (χ2v) is 5.59. The molecule has 1 aromatic heterocycles. The van der Waals surface area contributed by atoms with E-state index in [9.17, 15) is 4.79 Å². The SMILES string of the molecule is COc1ccc(C(=O)Nc2snc3c2CCC3)cc1OC. The average molecular weight is 304 g/mol. The molecule has 1 aromatic carbocycles. The van der Waals surface area contributed by atoms with Gasteiger partial charge in [0, 0.05) is 11.1 Å². The van der Waals surface area contributed by atoms with Gasteiger partial charge in [0.05, 0.1) is 19.9 Å². The number of rotatable bonds is 4. The Morgan fingerprint density at radius 1 is 1.24 bits per heavy atom. The van der Waals surface area contributed by atoms with Gasteiger partial charge in [0.1, 0.15) is 5.00 Å². The lowest BCUT2D eigenvalue weighted by atomic mass is 10.2. The van der Waals surface area contributed by atoms with E-state index in [1.807, 2.05) is 0 Å². The molecule has 3 rings (SSSR count). The van der Waals surface area contributed by atoms with Gasteiger partial charge in [-0.05, 0) is 49.0 Å². The lowest BCUT2D eigenvalue weighted by Gasteiger charge is -2.09. The van der Waals surface area contributed by atoms with E-state index in [1.54, 1.807) is 32.4 Å². The summed E-state index contributed by atoms with van der Waals surface area (Å²) in [5.74, 6) is 0.988. The molecule has 1 amide bonds. The van der Waals surface area contributed by atoms with Gasteiger partial charge in [-0.2, -0.15) is 4.37 Å². The Labute approximate surface area is 127 Å². The van der Waals surface area contributed by atoms with E-state index < -0.39 is 0 Å². The third-order valence-electron chi connectivity index (χ3n) is 3.58. The number of fused-ring (bicyclic) bond motifs is 1. The van der Waals surface area contributed by atoms with Gasteiger partial charge >= 0.3 is 0 Å². The zero-order chi connectivity index (χ0) is 14.8. The first-order valence-corrected chi connectivity index (χ1v) is 7.51. The molecule has 1 aliphatic carbocycles. The number of ether oxygens (including phenoxy) is 2. The van der Waals surface area contributed by atoms with E-state index in [1.165, 1.54) is 17.1 Å². The molecule has 1 aliphatic rings. The van der Waals surface area contributed by atoms with Crippen LogP contribution in [0.5, 0.6) is 11.5 Å². The summed E-state index contributed by atoms with van der Waals surface area (Å²) in [5, 5.41) is 3.81. The molecule has 0 saturated carbocycles. The zero-order valence-electron chi connectivity index (χ0n) is 11.9. The molecule has 110 valence electrons. The minimum absolute atomic E-state index is 0.158. The standard InChI is InChI=1S/C15H16N2O3S/c1-19-12-7-6-9(8-13(12)20-2)14(18)16-15-10-4-3-5-11(10)17-21-15/h6-8H,3-5H2,1-2H3,(H,16,18). The first-order valence-electron chi connectivity index (χ1n) is 6.73. The van der Waals surface area contributed by atoms with Crippen molar-refractivity contribution in [2.24, 2.45) is 0 Å². The number of aromatic nitrogens is 1. The van der Waals surface area contributed by atoms with Crippen molar-refractivity contribution in [1.82, 2.24) is 4.37 Å². The van der Waals surface area contributed by atoms with Gasteiger partial charge in [0.2, 0.25) is 0 Å². The topological polar surface area (TPSA) is 60.5 Å². The lowest BCUT2D eigenvalue weighted by Crippen LogP contribution is -2.12. The second-order valence-electron chi connectivity index (χ2n) is 4.81. The first kappa shape index (κ1) is 13.9. The zero-order valence-corrected chi connectivity index (χ0v) is 12.8. The third-order valence-corrected chi connectivity index (χ3v) is 4.43. The largest absolute Gasteiger partial charge is 0.493 e. The minimum Gasteiger partial charge on any atom is -0.493 e. The number of benzene rings is 1. The molecule has 0 radical (unpaired) electrons. The lowest BCUT2D eigenvalue weighted by molar-refractivity contribution is 0.102. The number of amides is 1. The maximum Gasteiger partial charge on any atom is 0.256 e. The number of carbonyl (C=O) groups excluding carboxylic acids is 1. The Hall–Kier alpha value is -2.08. The predicted octanol–water partition coefficient (Wildman–Crippen LogP) is 2.90. The molecule has 21 heavy (non-hydrogen) atoms. The van der Waals surface area contributed by atoms with Crippen LogP contribution < -0.4 is 14.8 Å². The van der Waals surface area contributed by atoms with Crippen LogP contribution in [0.1, 0.15) is 28.0 Å². The number of hydrogen-bond acceptors (Lipinski definition) is 5. The number of carbonyl (C=O) groups is 1. The summed E-state index contributed by atoms with van der Waals surface area (Å²) in [7, 11) is 3.12. The van der Waals surface area contributed by atoms with Crippen LogP contribution in [-0.4, -0.2) is 24.5 Å². The normalized spacial score (nSPS) is 12.9. The van der Waals surface area contributed by atoms with Crippen molar-refractivity contribution >= 4 is 22.4 Å². The maximum atomic E-state index is 12.4. The highest BCUT2D eigenvalue weighted by molar-refractivity contribution is 7.10. The summed E-state index contributed by atoms with van der Waals surface area (Å²) in [6.07, 6.45) is 3.12. The third kappa shape index (κ3) is 2.58. The van der Waals surface area contributed by atoms with Crippen LogP contribution in [-0.2, 0) is 12.8 Å². The van der Waals surface area contributed by atoms with Crippen LogP contribution in [0.25, 0.3) is 0 Å². The van der Waals surface area contributed by atoms with Crippen LogP contribution in [0, 0.1) is 0 Å². The number of anilines is 1. The maximum absolute atomic E-state index is 12.4. The summed E-state index contributed by atoms with van der Waals surface area (Å²) in [4.78, 5) is 12.4. The molecule has 0 aliphatic heterocycles. The number of hydrogen-bond donors (Lipinski definition) is 1. The Morgan fingerprint density at radius 2 is 2.05 bits per heavy atom. The number of aryl methyl sites for hydroxylation is 1. The summed E-state index contributed by atoms with van der Waals surface area (Å²) < 4.78 is 14.8. The van der Waals surface area contributed by atoms with E-state index in [-0.39, 0.29) is 5.91 Å². The van der Waals surface area contributed by atoms with E-state index in [0.717, 1.165) is 30.0 Å². The molecule has 0 atom stereocenters. The molecule has 0 spiro atoms. The molecule has 5 nitrogen and oxygen atoms in total. The molecule has 2 aromatic rings. The average Bonchev–Trinajstić information content (AvgIpc) is 3.11. The smallest absolute Gasteiger partial charge is 0.256 e. The van der Waals surface area contributed by atoms with Crippen molar-refractivity contribution in [2.75, 3.05) is 19.5 Å². The Bertz CT molecular complexity index is 682. The minimum atomic E-state index is -0.158. The van der Waals surface area contributed by atoms with Crippen molar-refractivity contribution in [1.29, 1.82) is 0 Å². The van der Waals surface area contributed by atoms with Gasteiger partial charge in [-0.15, -0.1) is 0 Å². The molecule has 0 unspecified atom stereocenters. The van der Waals surface area contributed by atoms with E-state index >= 15 is 0 Å². The van der Waals surface area contributed by atoms with E-state index in [4.69, 9.17) is 9.47 Å². The van der Waals surface area contributed by atoms with Gasteiger partial charge in [-0.3, -0.25) is 4.79 Å². The summed E-state index contributed by atoms with van der Waals surface area (Å²) in [6, 6.07) is 5.12. The van der Waals surface area contributed by atoms with Crippen molar-refractivity contribution in [3.63, 3.8) is 0 Å². The predicted molar refractivity (Wildman–Crippen MR) is 81.6 cm³/mol. The highest BCUT2D eigenvalue weighted by atomic mass is 32.1. The summed E-state index contributed by atoms with van der Waals surface area (Å²) in [6.45, 7) is 0. The number of methoxy groups -OCH3 is 2. The molecule has 1 N–H and O–H groups in total. The monoisotopic (exact) mass is 304 g/mol. The van der Waals surface area contributed by atoms with Gasteiger partial charge in [-0.1, -0.05) is 0 Å². The molecular weight excluding hydrogens is 288 g/mol. The molecule has 0 bridgehead atoms. The van der Waals surface area contributed by atoms with Crippen LogP contribution in [0.15, 0.2) is 18.2 Å². The van der Waals surface area contributed by atoms with Gasteiger partial charge < -0.3 is 14.8 Å². The quantitative estimate of drug-likeness (QED) is 0.943. The highest BCUT2D eigenvalue weighted by Gasteiger charge is 2.21. The fraction of sp³-hybridized carbons (Fsp3) is 0.333. The Morgan fingerprint density at radius 3 is 2.81 bits per heavy atom. The fourth-order valence-electron chi connectivity index (χ4n) is 2.48. The van der Waals surface area contributed by atoms with Crippen LogP contribution >= 0.6 is 11.5 Å². The van der Waals surface area contributed by atoms with Crippen molar-refractivity contribution < 1.29 is 14.3 Å². The molecule has 6 heteroatoms. The molecular formula is C15H16N2O3S. The molecule has 0 fully saturated rings. The van der Waals surface area contributed by atoms with Crippen LogP contribution in [0.4, 0.5) is 5.00 Å². The van der Waals surface area contributed by atoms with Crippen molar-refractivity contribution in [3.05, 3.63) is 35.0 Å². The number of nitrogens with one attached hydrogen (secondary N) is 1. The highest BCUT2D eigenvalue weighted by Crippen LogP contribution is 2.33.